The van der Waals surface area contributed by atoms with E-state index >= 15 is 0 Å². The number of likely N-dealkylation sites (N-methyl/N-ethyl adjacent to an activating group) is 1. The van der Waals surface area contributed by atoms with Gasteiger partial charge in [-0.05, 0) is 61.1 Å². The van der Waals surface area contributed by atoms with Gasteiger partial charge in [0.1, 0.15) is 12.4 Å². The van der Waals surface area contributed by atoms with Crippen molar-refractivity contribution in [3.8, 4) is 5.75 Å². The number of nitrogens with zero attached hydrogens (tertiary/aromatic N) is 2. The molecule has 1 aliphatic heterocycles. The normalized spacial score (nSPS) is 14.3. The Morgan fingerprint density at radius 3 is 2.32 bits per heavy atom. The van der Waals surface area contributed by atoms with Crippen LogP contribution in [-0.2, 0) is 6.61 Å². The molecule has 0 bridgehead atoms. The van der Waals surface area contributed by atoms with Crippen molar-refractivity contribution in [1.29, 1.82) is 0 Å². The maximum atomic E-state index is 12.9. The van der Waals surface area contributed by atoms with E-state index in [-0.39, 0.29) is 5.91 Å². The number of piperazine rings is 1. The molecule has 6 heteroatoms. The molecule has 5 nitrogen and oxygen atoms in total. The summed E-state index contributed by atoms with van der Waals surface area (Å²) in [6.07, 6.45) is 0. The van der Waals surface area contributed by atoms with E-state index < -0.39 is 0 Å². The lowest BCUT2D eigenvalue weighted by Gasteiger charge is -2.34. The molecule has 0 unspecified atom stereocenters. The Bertz CT molecular complexity index is 1010. The van der Waals surface area contributed by atoms with Gasteiger partial charge in [-0.2, -0.15) is 0 Å². The highest BCUT2D eigenvalue weighted by atomic mass is 35.5. The first-order chi connectivity index (χ1) is 15.1. The molecule has 0 aliphatic carbocycles. The molecule has 1 aliphatic rings. The Morgan fingerprint density at radius 1 is 0.935 bits per heavy atom. The zero-order valence-corrected chi connectivity index (χ0v) is 18.3. The van der Waals surface area contributed by atoms with Gasteiger partial charge in [-0.1, -0.05) is 35.9 Å². The summed E-state index contributed by atoms with van der Waals surface area (Å²) in [5.41, 5.74) is 3.42. The molecule has 1 saturated heterocycles. The molecule has 31 heavy (non-hydrogen) atoms. The third-order valence-electron chi connectivity index (χ3n) is 5.43. The van der Waals surface area contributed by atoms with E-state index in [2.05, 4.69) is 34.3 Å². The lowest BCUT2D eigenvalue weighted by Crippen LogP contribution is -2.44. The van der Waals surface area contributed by atoms with E-state index in [9.17, 15) is 4.79 Å². The summed E-state index contributed by atoms with van der Waals surface area (Å²) in [7, 11) is 2.15. The van der Waals surface area contributed by atoms with Gasteiger partial charge in [0.25, 0.3) is 5.91 Å². The Morgan fingerprint density at radius 2 is 1.61 bits per heavy atom. The molecule has 1 heterocycles. The van der Waals surface area contributed by atoms with Gasteiger partial charge in [0, 0.05) is 42.6 Å². The highest BCUT2D eigenvalue weighted by molar-refractivity contribution is 6.30. The number of carbonyl (C=O) groups excluding carboxylic acids is 1. The van der Waals surface area contributed by atoms with Crippen LogP contribution < -0.4 is 15.0 Å². The van der Waals surface area contributed by atoms with Crippen LogP contribution in [0.25, 0.3) is 0 Å². The molecule has 1 fully saturated rings. The molecule has 3 aromatic carbocycles. The fourth-order valence-corrected chi connectivity index (χ4v) is 3.67. The monoisotopic (exact) mass is 435 g/mol. The number of amides is 1. The number of hydrogen-bond acceptors (Lipinski definition) is 4. The number of hydrogen-bond donors (Lipinski definition) is 1. The average molecular weight is 436 g/mol. The first-order valence-corrected chi connectivity index (χ1v) is 10.8. The topological polar surface area (TPSA) is 44.8 Å². The molecule has 3 aromatic rings. The molecule has 0 spiro atoms. The predicted octanol–water partition coefficient (Wildman–Crippen LogP) is 4.92. The Labute approximate surface area is 188 Å². The molecule has 1 N–H and O–H groups in total. The van der Waals surface area contributed by atoms with Crippen LogP contribution in [0.15, 0.2) is 72.8 Å². The van der Waals surface area contributed by atoms with Crippen molar-refractivity contribution >= 4 is 28.9 Å². The van der Waals surface area contributed by atoms with Crippen LogP contribution in [0.5, 0.6) is 5.75 Å². The van der Waals surface area contributed by atoms with Crippen molar-refractivity contribution in [3.05, 3.63) is 88.9 Å². The summed E-state index contributed by atoms with van der Waals surface area (Å²) >= 11 is 5.93. The summed E-state index contributed by atoms with van der Waals surface area (Å²) in [4.78, 5) is 17.6. The van der Waals surface area contributed by atoms with Gasteiger partial charge in [0.2, 0.25) is 0 Å². The number of halogens is 1. The Kier molecular flexibility index (Phi) is 6.75. The second-order valence-electron chi connectivity index (χ2n) is 7.70. The fourth-order valence-electron chi connectivity index (χ4n) is 3.54. The van der Waals surface area contributed by atoms with Crippen molar-refractivity contribution in [2.45, 2.75) is 6.61 Å². The van der Waals surface area contributed by atoms with E-state index in [4.69, 9.17) is 16.3 Å². The standard InChI is InChI=1S/C25H26ClN3O2/c1-28-14-16-29(17-15-28)22-12-10-21(11-13-22)27-25(30)23-4-2-3-5-24(23)31-18-19-6-8-20(26)9-7-19/h2-13H,14-18H2,1H3,(H,27,30). The van der Waals surface area contributed by atoms with Crippen molar-refractivity contribution in [3.63, 3.8) is 0 Å². The second-order valence-corrected chi connectivity index (χ2v) is 8.14. The smallest absolute Gasteiger partial charge is 0.259 e. The molecule has 0 atom stereocenters. The maximum Gasteiger partial charge on any atom is 0.259 e. The summed E-state index contributed by atoms with van der Waals surface area (Å²) in [5, 5.41) is 3.66. The van der Waals surface area contributed by atoms with Crippen LogP contribution in [0.3, 0.4) is 0 Å². The van der Waals surface area contributed by atoms with Gasteiger partial charge < -0.3 is 19.9 Å². The second kappa shape index (κ2) is 9.86. The van der Waals surface area contributed by atoms with E-state index in [0.29, 0.717) is 22.9 Å². The summed E-state index contributed by atoms with van der Waals surface area (Å²) in [5.74, 6) is 0.350. The zero-order valence-electron chi connectivity index (χ0n) is 17.6. The van der Waals surface area contributed by atoms with Crippen LogP contribution in [0.1, 0.15) is 15.9 Å². The van der Waals surface area contributed by atoms with Gasteiger partial charge in [0.15, 0.2) is 0 Å². The van der Waals surface area contributed by atoms with Gasteiger partial charge >= 0.3 is 0 Å². The Hall–Kier alpha value is -3.02. The zero-order chi connectivity index (χ0) is 21.6. The number of ether oxygens (including phenoxy) is 1. The van der Waals surface area contributed by atoms with E-state index in [1.807, 2.05) is 48.5 Å². The number of rotatable bonds is 6. The van der Waals surface area contributed by atoms with Crippen LogP contribution in [0.2, 0.25) is 5.02 Å². The number of carbonyl (C=O) groups is 1. The maximum absolute atomic E-state index is 12.9. The van der Waals surface area contributed by atoms with Crippen LogP contribution >= 0.6 is 11.6 Å². The van der Waals surface area contributed by atoms with Gasteiger partial charge in [-0.15, -0.1) is 0 Å². The average Bonchev–Trinajstić information content (AvgIpc) is 2.80. The van der Waals surface area contributed by atoms with Gasteiger partial charge in [0.05, 0.1) is 5.56 Å². The first-order valence-electron chi connectivity index (χ1n) is 10.4. The fraction of sp³-hybridized carbons (Fsp3) is 0.240. The van der Waals surface area contributed by atoms with Crippen LogP contribution in [-0.4, -0.2) is 44.0 Å². The van der Waals surface area contributed by atoms with Crippen molar-refractivity contribution < 1.29 is 9.53 Å². The lowest BCUT2D eigenvalue weighted by atomic mass is 10.1. The van der Waals surface area contributed by atoms with E-state index in [0.717, 1.165) is 37.4 Å². The van der Waals surface area contributed by atoms with Crippen molar-refractivity contribution in [2.75, 3.05) is 43.4 Å². The third-order valence-corrected chi connectivity index (χ3v) is 5.68. The summed E-state index contributed by atoms with van der Waals surface area (Å²) in [6.45, 7) is 4.51. The Balaban J connectivity index is 1.40. The lowest BCUT2D eigenvalue weighted by molar-refractivity contribution is 0.102. The number of para-hydroxylation sites is 1. The number of anilines is 2. The summed E-state index contributed by atoms with van der Waals surface area (Å²) in [6, 6.07) is 22.8. The molecule has 0 aromatic heterocycles. The molecule has 160 valence electrons. The van der Waals surface area contributed by atoms with Crippen molar-refractivity contribution in [2.24, 2.45) is 0 Å². The third kappa shape index (κ3) is 5.57. The van der Waals surface area contributed by atoms with E-state index in [1.165, 1.54) is 5.69 Å². The van der Waals surface area contributed by atoms with E-state index in [1.54, 1.807) is 12.1 Å². The highest BCUT2D eigenvalue weighted by Crippen LogP contribution is 2.23. The quantitative estimate of drug-likeness (QED) is 0.596. The van der Waals surface area contributed by atoms with Crippen molar-refractivity contribution in [1.82, 2.24) is 4.90 Å². The van der Waals surface area contributed by atoms with Gasteiger partial charge in [-0.25, -0.2) is 0 Å². The number of benzene rings is 3. The summed E-state index contributed by atoms with van der Waals surface area (Å²) < 4.78 is 5.91. The molecule has 0 radical (unpaired) electrons. The molecule has 1 amide bonds. The molecule has 0 saturated carbocycles. The minimum atomic E-state index is -0.195. The highest BCUT2D eigenvalue weighted by Gasteiger charge is 2.15. The predicted molar refractivity (Wildman–Crippen MR) is 126 cm³/mol. The molecular weight excluding hydrogens is 410 g/mol. The minimum absolute atomic E-state index is 0.195. The van der Waals surface area contributed by atoms with Crippen LogP contribution in [0, 0.1) is 0 Å². The first kappa shape index (κ1) is 21.2. The molecule has 4 rings (SSSR count). The minimum Gasteiger partial charge on any atom is -0.488 e. The number of nitrogens with one attached hydrogen (secondary N) is 1. The largest absolute Gasteiger partial charge is 0.488 e. The van der Waals surface area contributed by atoms with Crippen LogP contribution in [0.4, 0.5) is 11.4 Å². The molecular formula is C25H26ClN3O2. The van der Waals surface area contributed by atoms with Gasteiger partial charge in [-0.3, -0.25) is 4.79 Å². The SMILES string of the molecule is CN1CCN(c2ccc(NC(=O)c3ccccc3OCc3ccc(Cl)cc3)cc2)CC1.